The first-order valence-corrected chi connectivity index (χ1v) is 12.8. The van der Waals surface area contributed by atoms with Gasteiger partial charge in [-0.3, -0.25) is 14.4 Å². The van der Waals surface area contributed by atoms with Gasteiger partial charge in [0.1, 0.15) is 5.82 Å². The Kier molecular flexibility index (Phi) is 9.41. The Morgan fingerprint density at radius 3 is 2.37 bits per heavy atom. The van der Waals surface area contributed by atoms with Crippen molar-refractivity contribution in [2.24, 2.45) is 0 Å². The first-order chi connectivity index (χ1) is 19.8. The molecule has 0 spiro atoms. The molecule has 0 bridgehead atoms. The highest BCUT2D eigenvalue weighted by Crippen LogP contribution is 2.30. The van der Waals surface area contributed by atoms with E-state index < -0.39 is 11.7 Å². The summed E-state index contributed by atoms with van der Waals surface area (Å²) in [6.07, 6.45) is 4.63. The molecule has 0 radical (unpaired) electrons. The molecule has 11 heteroatoms. The van der Waals surface area contributed by atoms with Gasteiger partial charge in [0.25, 0.3) is 24.2 Å². The van der Waals surface area contributed by atoms with Crippen molar-refractivity contribution in [3.8, 4) is 17.1 Å². The third-order valence-electron chi connectivity index (χ3n) is 6.80. The number of nitrogens with zero attached hydrogens (tertiary/aromatic N) is 2. The zero-order chi connectivity index (χ0) is 29.4. The number of pyridine rings is 1. The van der Waals surface area contributed by atoms with Crippen LogP contribution in [0.25, 0.3) is 11.3 Å². The van der Waals surface area contributed by atoms with Crippen LogP contribution in [-0.2, 0) is 4.79 Å². The summed E-state index contributed by atoms with van der Waals surface area (Å²) in [4.78, 5) is 42.6. The number of nitrogens with one attached hydrogen (secondary N) is 2. The maximum Gasteiger partial charge on any atom is 0.290 e. The van der Waals surface area contributed by atoms with Gasteiger partial charge >= 0.3 is 0 Å². The van der Waals surface area contributed by atoms with Crippen LogP contribution in [0.1, 0.15) is 45.0 Å². The van der Waals surface area contributed by atoms with Crippen LogP contribution < -0.4 is 10.1 Å². The lowest BCUT2D eigenvalue weighted by atomic mass is 9.89. The molecule has 3 N–H and O–H groups in total. The highest BCUT2D eigenvalue weighted by Gasteiger charge is 2.25. The van der Waals surface area contributed by atoms with Gasteiger partial charge in [-0.25, -0.2) is 13.8 Å². The van der Waals surface area contributed by atoms with E-state index in [2.05, 4.69) is 15.3 Å². The van der Waals surface area contributed by atoms with Gasteiger partial charge in [-0.1, -0.05) is 12.1 Å². The summed E-state index contributed by atoms with van der Waals surface area (Å²) >= 11 is 0. The number of anilines is 1. The second kappa shape index (κ2) is 13.3. The van der Waals surface area contributed by atoms with Gasteiger partial charge < -0.3 is 25.0 Å². The zero-order valence-electron chi connectivity index (χ0n) is 22.1. The van der Waals surface area contributed by atoms with Gasteiger partial charge in [-0.2, -0.15) is 0 Å². The number of carboxylic acid groups (broad SMARTS) is 1. The number of piperidine rings is 1. The summed E-state index contributed by atoms with van der Waals surface area (Å²) in [7, 11) is 1.29. The molecule has 4 aromatic rings. The van der Waals surface area contributed by atoms with Crippen LogP contribution in [0, 0.1) is 11.6 Å². The number of methoxy groups -OCH3 is 1. The molecule has 2 aromatic carbocycles. The minimum Gasteiger partial charge on any atom is -0.483 e. The molecule has 0 unspecified atom stereocenters. The number of carbonyl (C=O) groups excluding carboxylic acids is 2. The Labute approximate surface area is 234 Å². The molecule has 0 aliphatic carbocycles. The Morgan fingerprint density at radius 1 is 1.07 bits per heavy atom. The number of likely N-dealkylation sites (tertiary alicyclic amines) is 1. The van der Waals surface area contributed by atoms with E-state index in [1.807, 2.05) is 17.0 Å². The van der Waals surface area contributed by atoms with E-state index in [-0.39, 0.29) is 35.6 Å². The highest BCUT2D eigenvalue weighted by atomic mass is 19.1. The lowest BCUT2D eigenvalue weighted by Gasteiger charge is -2.32. The Hall–Kier alpha value is -5.06. The van der Waals surface area contributed by atoms with E-state index in [4.69, 9.17) is 14.6 Å². The minimum absolute atomic E-state index is 0.0360. The Bertz CT molecular complexity index is 1500. The van der Waals surface area contributed by atoms with E-state index >= 15 is 0 Å². The van der Waals surface area contributed by atoms with Crippen LogP contribution in [-0.4, -0.2) is 58.5 Å². The van der Waals surface area contributed by atoms with Crippen molar-refractivity contribution in [2.75, 3.05) is 25.5 Å². The molecule has 0 atom stereocenters. The summed E-state index contributed by atoms with van der Waals surface area (Å²) in [6.45, 7) is 1.00. The standard InChI is InChI=1S/C29H26F2N4O3.CH2O2/c1-38-28-26(31)24(10-13-32-28)27(36)34-23-8-4-18(5-9-23)19-11-14-35(15-12-19)29(37)21-16-25(33-17-21)20-2-6-22(30)7-3-20;2-1-3/h2-10,13,16-17,19,33H,11-12,14-15H2,1H3,(H,34,36);1H,(H,2,3). The summed E-state index contributed by atoms with van der Waals surface area (Å²) in [6, 6.07) is 16.7. The number of aromatic nitrogens is 2. The number of H-pyrrole nitrogens is 1. The first kappa shape index (κ1) is 28.9. The smallest absolute Gasteiger partial charge is 0.290 e. The second-order valence-corrected chi connectivity index (χ2v) is 9.24. The predicted octanol–water partition coefficient (Wildman–Crippen LogP) is 5.34. The molecule has 5 rings (SSSR count). The lowest BCUT2D eigenvalue weighted by Crippen LogP contribution is -2.37. The molecule has 41 heavy (non-hydrogen) atoms. The van der Waals surface area contributed by atoms with Crippen molar-refractivity contribution in [1.82, 2.24) is 14.9 Å². The number of benzene rings is 2. The quantitative estimate of drug-likeness (QED) is 0.273. The average Bonchev–Trinajstić information content (AvgIpc) is 3.49. The largest absolute Gasteiger partial charge is 0.483 e. The van der Waals surface area contributed by atoms with Crippen molar-refractivity contribution in [3.05, 3.63) is 101 Å². The molecule has 1 fully saturated rings. The fourth-order valence-corrected chi connectivity index (χ4v) is 4.69. The number of rotatable bonds is 6. The molecule has 1 saturated heterocycles. The van der Waals surface area contributed by atoms with Crippen molar-refractivity contribution in [3.63, 3.8) is 0 Å². The minimum atomic E-state index is -0.809. The fraction of sp³-hybridized carbons (Fsp3) is 0.200. The lowest BCUT2D eigenvalue weighted by molar-refractivity contribution is -0.122. The highest BCUT2D eigenvalue weighted by molar-refractivity contribution is 6.04. The third kappa shape index (κ3) is 6.93. The van der Waals surface area contributed by atoms with Crippen molar-refractivity contribution in [2.45, 2.75) is 18.8 Å². The SMILES string of the molecule is COc1nccc(C(=O)Nc2ccc(C3CCN(C(=O)c4c[nH]c(-c5ccc(F)cc5)c4)CC3)cc2)c1F.O=CO. The van der Waals surface area contributed by atoms with Crippen molar-refractivity contribution >= 4 is 24.0 Å². The van der Waals surface area contributed by atoms with Crippen molar-refractivity contribution in [1.29, 1.82) is 0 Å². The molecule has 212 valence electrons. The van der Waals surface area contributed by atoms with Crippen LogP contribution in [0.5, 0.6) is 5.88 Å². The molecular formula is C30H28F2N4O5. The van der Waals surface area contributed by atoms with E-state index in [0.717, 1.165) is 29.7 Å². The summed E-state index contributed by atoms with van der Waals surface area (Å²) in [5, 5.41) is 9.59. The Morgan fingerprint density at radius 2 is 1.73 bits per heavy atom. The number of ether oxygens (including phenoxy) is 1. The normalized spacial score (nSPS) is 13.1. The number of hydrogen-bond donors (Lipinski definition) is 3. The van der Waals surface area contributed by atoms with Gasteiger partial charge in [0.05, 0.1) is 18.2 Å². The topological polar surface area (TPSA) is 125 Å². The fourth-order valence-electron chi connectivity index (χ4n) is 4.69. The molecule has 2 aromatic heterocycles. The van der Waals surface area contributed by atoms with Gasteiger partial charge in [-0.15, -0.1) is 0 Å². The first-order valence-electron chi connectivity index (χ1n) is 12.8. The van der Waals surface area contributed by atoms with E-state index in [9.17, 15) is 18.4 Å². The van der Waals surface area contributed by atoms with Crippen LogP contribution in [0.2, 0.25) is 0 Å². The van der Waals surface area contributed by atoms with Crippen LogP contribution in [0.4, 0.5) is 14.5 Å². The molecule has 1 aliphatic rings. The maximum absolute atomic E-state index is 14.3. The monoisotopic (exact) mass is 562 g/mol. The molecule has 3 heterocycles. The summed E-state index contributed by atoms with van der Waals surface area (Å²) < 4.78 is 32.4. The van der Waals surface area contributed by atoms with Crippen LogP contribution in [0.15, 0.2) is 73.1 Å². The van der Waals surface area contributed by atoms with Gasteiger partial charge in [-0.05, 0) is 78.4 Å². The number of aromatic amines is 1. The molecule has 9 nitrogen and oxygen atoms in total. The van der Waals surface area contributed by atoms with Crippen molar-refractivity contribution < 1.29 is 33.0 Å². The number of carbonyl (C=O) groups is 3. The maximum atomic E-state index is 14.3. The molecule has 0 saturated carbocycles. The van der Waals surface area contributed by atoms with Gasteiger partial charge in [0.2, 0.25) is 0 Å². The number of amides is 2. The summed E-state index contributed by atoms with van der Waals surface area (Å²) in [5.74, 6) is -1.69. The molecule has 1 aliphatic heterocycles. The Balaban J connectivity index is 0.00000124. The van der Waals surface area contributed by atoms with E-state index in [1.165, 1.54) is 31.5 Å². The van der Waals surface area contributed by atoms with E-state index in [0.29, 0.717) is 24.3 Å². The molecule has 2 amide bonds. The van der Waals surface area contributed by atoms with Crippen LogP contribution >= 0.6 is 0 Å². The second-order valence-electron chi connectivity index (χ2n) is 9.24. The van der Waals surface area contributed by atoms with Gasteiger partial charge in [0, 0.05) is 36.9 Å². The zero-order valence-corrected chi connectivity index (χ0v) is 22.1. The molecular weight excluding hydrogens is 534 g/mol. The van der Waals surface area contributed by atoms with Gasteiger partial charge in [0.15, 0.2) is 5.82 Å². The number of hydrogen-bond acceptors (Lipinski definition) is 5. The van der Waals surface area contributed by atoms with E-state index in [1.54, 1.807) is 36.5 Å². The predicted molar refractivity (Wildman–Crippen MR) is 148 cm³/mol. The number of halogens is 2. The average molecular weight is 563 g/mol. The third-order valence-corrected chi connectivity index (χ3v) is 6.80. The van der Waals surface area contributed by atoms with Crippen LogP contribution in [0.3, 0.4) is 0 Å². The summed E-state index contributed by atoms with van der Waals surface area (Å²) in [5.41, 5.74) is 3.67.